The molecule has 0 radical (unpaired) electrons. The number of rotatable bonds is 3. The molecular formula is C14H13FN4. The Morgan fingerprint density at radius 1 is 1.26 bits per heavy atom. The van der Waals surface area contributed by atoms with Crippen LogP contribution in [0, 0.1) is 12.7 Å². The third-order valence-electron chi connectivity index (χ3n) is 2.89. The maximum atomic E-state index is 12.8. The molecule has 96 valence electrons. The van der Waals surface area contributed by atoms with Gasteiger partial charge in [0, 0.05) is 18.9 Å². The average Bonchev–Trinajstić information content (AvgIpc) is 2.79. The number of anilines is 1. The highest BCUT2D eigenvalue weighted by atomic mass is 19.1. The quantitative estimate of drug-likeness (QED) is 0.783. The first-order chi connectivity index (χ1) is 9.22. The second-order valence-electron chi connectivity index (χ2n) is 4.37. The molecule has 19 heavy (non-hydrogen) atoms. The van der Waals surface area contributed by atoms with Gasteiger partial charge >= 0.3 is 0 Å². The van der Waals surface area contributed by atoms with E-state index in [0.717, 1.165) is 22.6 Å². The van der Waals surface area contributed by atoms with Crippen molar-refractivity contribution in [2.45, 2.75) is 13.5 Å². The summed E-state index contributed by atoms with van der Waals surface area (Å²) in [6.07, 6.45) is 3.51. The van der Waals surface area contributed by atoms with Crippen LogP contribution in [0.3, 0.4) is 0 Å². The molecule has 0 fully saturated rings. The Hall–Kier alpha value is -2.43. The summed E-state index contributed by atoms with van der Waals surface area (Å²) < 4.78 is 14.6. The lowest BCUT2D eigenvalue weighted by atomic mass is 10.2. The van der Waals surface area contributed by atoms with Gasteiger partial charge in [0.05, 0.1) is 5.69 Å². The summed E-state index contributed by atoms with van der Waals surface area (Å²) in [5.74, 6) is 0.544. The van der Waals surface area contributed by atoms with Gasteiger partial charge in [-0.25, -0.2) is 13.9 Å². The Bertz CT molecular complexity index is 703. The van der Waals surface area contributed by atoms with Gasteiger partial charge in [0.25, 0.3) is 0 Å². The maximum absolute atomic E-state index is 12.8. The third-order valence-corrected chi connectivity index (χ3v) is 2.89. The Morgan fingerprint density at radius 2 is 2.05 bits per heavy atom. The Morgan fingerprint density at radius 3 is 2.84 bits per heavy atom. The zero-order valence-electron chi connectivity index (χ0n) is 10.5. The number of aryl methyl sites for hydroxylation is 1. The van der Waals surface area contributed by atoms with E-state index >= 15 is 0 Å². The fraction of sp³-hybridized carbons (Fsp3) is 0.143. The second kappa shape index (κ2) is 4.68. The van der Waals surface area contributed by atoms with Crippen molar-refractivity contribution in [1.82, 2.24) is 14.6 Å². The number of fused-ring (bicyclic) bond motifs is 1. The largest absolute Gasteiger partial charge is 0.364 e. The Labute approximate surface area is 109 Å². The molecule has 5 heteroatoms. The number of nitrogens with zero attached hydrogens (tertiary/aromatic N) is 3. The number of hydrogen-bond acceptors (Lipinski definition) is 3. The lowest BCUT2D eigenvalue weighted by Crippen LogP contribution is -2.03. The van der Waals surface area contributed by atoms with Crippen LogP contribution in [0.2, 0.25) is 0 Å². The molecule has 1 aromatic carbocycles. The fourth-order valence-corrected chi connectivity index (χ4v) is 1.97. The summed E-state index contributed by atoms with van der Waals surface area (Å²) in [6, 6.07) is 8.39. The van der Waals surface area contributed by atoms with E-state index in [4.69, 9.17) is 0 Å². The third kappa shape index (κ3) is 2.40. The number of hydrogen-bond donors (Lipinski definition) is 1. The highest BCUT2D eigenvalue weighted by Gasteiger charge is 2.04. The molecule has 0 bridgehead atoms. The molecule has 0 spiro atoms. The number of aromatic nitrogens is 3. The van der Waals surface area contributed by atoms with Crippen LogP contribution >= 0.6 is 0 Å². The predicted molar refractivity (Wildman–Crippen MR) is 71.5 cm³/mol. The number of halogens is 1. The van der Waals surface area contributed by atoms with Gasteiger partial charge in [0.2, 0.25) is 0 Å². The molecule has 0 amide bonds. The average molecular weight is 256 g/mol. The van der Waals surface area contributed by atoms with Gasteiger partial charge in [-0.15, -0.1) is 0 Å². The van der Waals surface area contributed by atoms with Crippen LogP contribution in [0.15, 0.2) is 42.7 Å². The van der Waals surface area contributed by atoms with Crippen molar-refractivity contribution in [3.8, 4) is 0 Å². The van der Waals surface area contributed by atoms with E-state index in [2.05, 4.69) is 15.4 Å². The van der Waals surface area contributed by atoms with Crippen LogP contribution in [0.1, 0.15) is 11.3 Å². The highest BCUT2D eigenvalue weighted by Crippen LogP contribution is 2.15. The minimum atomic E-state index is -0.226. The predicted octanol–water partition coefficient (Wildman–Crippen LogP) is 2.79. The number of nitrogens with one attached hydrogen (secondary N) is 1. The molecule has 0 aliphatic carbocycles. The first-order valence-electron chi connectivity index (χ1n) is 6.02. The zero-order valence-corrected chi connectivity index (χ0v) is 10.5. The van der Waals surface area contributed by atoms with Gasteiger partial charge < -0.3 is 5.32 Å². The topological polar surface area (TPSA) is 42.2 Å². The van der Waals surface area contributed by atoms with Crippen molar-refractivity contribution < 1.29 is 4.39 Å². The molecule has 3 aromatic rings. The summed E-state index contributed by atoms with van der Waals surface area (Å²) in [5, 5.41) is 7.57. The maximum Gasteiger partial charge on any atom is 0.152 e. The monoisotopic (exact) mass is 256 g/mol. The summed E-state index contributed by atoms with van der Waals surface area (Å²) in [5.41, 5.74) is 2.88. The van der Waals surface area contributed by atoms with Crippen molar-refractivity contribution in [3.63, 3.8) is 0 Å². The van der Waals surface area contributed by atoms with Crippen LogP contribution in [0.5, 0.6) is 0 Å². The van der Waals surface area contributed by atoms with Gasteiger partial charge in [-0.1, -0.05) is 12.1 Å². The van der Waals surface area contributed by atoms with Gasteiger partial charge in [-0.2, -0.15) is 5.10 Å². The van der Waals surface area contributed by atoms with Crippen LogP contribution in [0.4, 0.5) is 10.2 Å². The summed E-state index contributed by atoms with van der Waals surface area (Å²) in [6.45, 7) is 2.54. The minimum absolute atomic E-state index is 0.226. The molecule has 3 rings (SSSR count). The van der Waals surface area contributed by atoms with E-state index < -0.39 is 0 Å². The molecule has 1 N–H and O–H groups in total. The molecule has 0 aliphatic rings. The van der Waals surface area contributed by atoms with Gasteiger partial charge in [-0.3, -0.25) is 0 Å². The zero-order chi connectivity index (χ0) is 13.2. The summed E-state index contributed by atoms with van der Waals surface area (Å²) in [7, 11) is 0. The van der Waals surface area contributed by atoms with E-state index in [1.165, 1.54) is 12.1 Å². The summed E-state index contributed by atoms with van der Waals surface area (Å²) in [4.78, 5) is 4.31. The Balaban J connectivity index is 1.83. The molecule has 0 saturated carbocycles. The molecule has 0 saturated heterocycles. The van der Waals surface area contributed by atoms with Gasteiger partial charge in [0.1, 0.15) is 11.3 Å². The van der Waals surface area contributed by atoms with Crippen LogP contribution in [-0.4, -0.2) is 14.6 Å². The standard InChI is InChI=1S/C14H13FN4/c1-10-8-13-14(16-6-7-19(13)18-10)17-9-11-2-4-12(15)5-3-11/h2-8H,9H2,1H3,(H,16,17). The first kappa shape index (κ1) is 11.6. The summed E-state index contributed by atoms with van der Waals surface area (Å²) >= 11 is 0. The molecule has 2 heterocycles. The second-order valence-corrected chi connectivity index (χ2v) is 4.37. The van der Waals surface area contributed by atoms with Crippen LogP contribution in [0.25, 0.3) is 5.52 Å². The lowest BCUT2D eigenvalue weighted by molar-refractivity contribution is 0.627. The van der Waals surface area contributed by atoms with E-state index in [0.29, 0.717) is 6.54 Å². The normalized spacial score (nSPS) is 10.8. The molecule has 0 unspecified atom stereocenters. The lowest BCUT2D eigenvalue weighted by Gasteiger charge is -2.06. The van der Waals surface area contributed by atoms with Crippen molar-refractivity contribution in [1.29, 1.82) is 0 Å². The molecule has 0 aliphatic heterocycles. The molecular weight excluding hydrogens is 243 g/mol. The van der Waals surface area contributed by atoms with Crippen molar-refractivity contribution in [3.05, 3.63) is 59.8 Å². The van der Waals surface area contributed by atoms with Gasteiger partial charge in [-0.05, 0) is 30.7 Å². The molecule has 4 nitrogen and oxygen atoms in total. The van der Waals surface area contributed by atoms with Crippen molar-refractivity contribution in [2.24, 2.45) is 0 Å². The molecule has 0 atom stereocenters. The van der Waals surface area contributed by atoms with E-state index in [1.54, 1.807) is 22.8 Å². The molecule has 2 aromatic heterocycles. The van der Waals surface area contributed by atoms with E-state index in [9.17, 15) is 4.39 Å². The highest BCUT2D eigenvalue weighted by molar-refractivity contribution is 5.67. The van der Waals surface area contributed by atoms with E-state index in [-0.39, 0.29) is 5.82 Å². The first-order valence-corrected chi connectivity index (χ1v) is 6.02. The fourth-order valence-electron chi connectivity index (χ4n) is 1.97. The SMILES string of the molecule is Cc1cc2c(NCc3ccc(F)cc3)nccn2n1. The van der Waals surface area contributed by atoms with E-state index in [1.807, 2.05) is 19.2 Å². The number of benzene rings is 1. The smallest absolute Gasteiger partial charge is 0.152 e. The minimum Gasteiger partial charge on any atom is -0.364 e. The van der Waals surface area contributed by atoms with Crippen molar-refractivity contribution in [2.75, 3.05) is 5.32 Å². The Kier molecular flexibility index (Phi) is 2.87. The van der Waals surface area contributed by atoms with Crippen molar-refractivity contribution >= 4 is 11.3 Å². The van der Waals surface area contributed by atoms with Crippen LogP contribution in [-0.2, 0) is 6.54 Å². The van der Waals surface area contributed by atoms with Crippen LogP contribution < -0.4 is 5.32 Å². The van der Waals surface area contributed by atoms with Gasteiger partial charge in [0.15, 0.2) is 5.82 Å².